The lowest BCUT2D eigenvalue weighted by Gasteiger charge is -2.22. The van der Waals surface area contributed by atoms with Crippen LogP contribution >= 0.6 is 23.7 Å². The SMILES string of the molecule is Cl.O=C(Cn1cnc2sccc2c1=O)NCC1CCCNC1. The average molecular weight is 343 g/mol. The predicted molar refractivity (Wildman–Crippen MR) is 89.7 cm³/mol. The van der Waals surface area contributed by atoms with E-state index in [9.17, 15) is 9.59 Å². The summed E-state index contributed by atoms with van der Waals surface area (Å²) in [6.45, 7) is 2.70. The highest BCUT2D eigenvalue weighted by Gasteiger charge is 2.14. The first kappa shape index (κ1) is 16.9. The second-order valence-corrected chi connectivity index (χ2v) is 6.23. The summed E-state index contributed by atoms with van der Waals surface area (Å²) in [6.07, 6.45) is 3.73. The zero-order valence-electron chi connectivity index (χ0n) is 12.1. The van der Waals surface area contributed by atoms with E-state index in [-0.39, 0.29) is 30.4 Å². The summed E-state index contributed by atoms with van der Waals surface area (Å²) in [5.41, 5.74) is -0.157. The molecule has 0 aromatic carbocycles. The van der Waals surface area contributed by atoms with Gasteiger partial charge in [0.25, 0.3) is 5.56 Å². The smallest absolute Gasteiger partial charge is 0.262 e. The first-order chi connectivity index (χ1) is 10.2. The van der Waals surface area contributed by atoms with Crippen molar-refractivity contribution in [2.45, 2.75) is 19.4 Å². The topological polar surface area (TPSA) is 76.0 Å². The molecule has 6 nitrogen and oxygen atoms in total. The monoisotopic (exact) mass is 342 g/mol. The molecule has 1 atom stereocenters. The molecule has 1 amide bonds. The third kappa shape index (κ3) is 3.85. The molecule has 1 saturated heterocycles. The van der Waals surface area contributed by atoms with Gasteiger partial charge in [0, 0.05) is 6.54 Å². The summed E-state index contributed by atoms with van der Waals surface area (Å²) >= 11 is 1.43. The van der Waals surface area contributed by atoms with Crippen LogP contribution in [0.1, 0.15) is 12.8 Å². The number of hydrogen-bond acceptors (Lipinski definition) is 5. The number of rotatable bonds is 4. The Labute approximate surface area is 138 Å². The number of hydrogen-bond donors (Lipinski definition) is 2. The number of nitrogens with one attached hydrogen (secondary N) is 2. The van der Waals surface area contributed by atoms with Crippen molar-refractivity contribution in [2.75, 3.05) is 19.6 Å². The molecule has 2 aromatic heterocycles. The third-order valence-corrected chi connectivity index (χ3v) is 4.57. The van der Waals surface area contributed by atoms with E-state index in [1.54, 1.807) is 6.07 Å². The van der Waals surface area contributed by atoms with Crippen LogP contribution in [0.2, 0.25) is 0 Å². The molecule has 1 unspecified atom stereocenters. The Kier molecular flexibility index (Phi) is 5.93. The van der Waals surface area contributed by atoms with Crippen molar-refractivity contribution in [1.82, 2.24) is 20.2 Å². The molecule has 2 N–H and O–H groups in total. The second-order valence-electron chi connectivity index (χ2n) is 5.33. The molecule has 0 spiro atoms. The van der Waals surface area contributed by atoms with Crippen molar-refractivity contribution in [3.05, 3.63) is 28.1 Å². The van der Waals surface area contributed by atoms with Crippen molar-refractivity contribution in [3.63, 3.8) is 0 Å². The highest BCUT2D eigenvalue weighted by molar-refractivity contribution is 7.16. The van der Waals surface area contributed by atoms with Gasteiger partial charge < -0.3 is 10.6 Å². The number of amides is 1. The van der Waals surface area contributed by atoms with Gasteiger partial charge in [0.1, 0.15) is 11.4 Å². The number of aromatic nitrogens is 2. The van der Waals surface area contributed by atoms with Crippen LogP contribution < -0.4 is 16.2 Å². The zero-order valence-corrected chi connectivity index (χ0v) is 13.7. The lowest BCUT2D eigenvalue weighted by molar-refractivity contribution is -0.121. The van der Waals surface area contributed by atoms with Crippen LogP contribution in [0.5, 0.6) is 0 Å². The van der Waals surface area contributed by atoms with Gasteiger partial charge in [-0.3, -0.25) is 14.2 Å². The summed E-state index contributed by atoms with van der Waals surface area (Å²) < 4.78 is 1.36. The van der Waals surface area contributed by atoms with E-state index in [0.717, 1.165) is 25.9 Å². The van der Waals surface area contributed by atoms with Crippen LogP contribution in [0.4, 0.5) is 0 Å². The molecule has 1 fully saturated rings. The Morgan fingerprint density at radius 3 is 3.18 bits per heavy atom. The number of fused-ring (bicyclic) bond motifs is 1. The van der Waals surface area contributed by atoms with Gasteiger partial charge in [-0.1, -0.05) is 0 Å². The second kappa shape index (κ2) is 7.71. The van der Waals surface area contributed by atoms with E-state index >= 15 is 0 Å². The summed E-state index contributed by atoms with van der Waals surface area (Å²) in [5.74, 6) is 0.343. The van der Waals surface area contributed by atoms with E-state index < -0.39 is 0 Å². The summed E-state index contributed by atoms with van der Waals surface area (Å²) in [5, 5.41) is 8.63. The quantitative estimate of drug-likeness (QED) is 0.869. The predicted octanol–water partition coefficient (Wildman–Crippen LogP) is 0.996. The Balaban J connectivity index is 0.00000176. The van der Waals surface area contributed by atoms with Gasteiger partial charge in [-0.15, -0.1) is 23.7 Å². The number of halogens is 1. The van der Waals surface area contributed by atoms with E-state index in [1.165, 1.54) is 22.2 Å². The van der Waals surface area contributed by atoms with Crippen molar-refractivity contribution in [3.8, 4) is 0 Å². The van der Waals surface area contributed by atoms with Crippen molar-refractivity contribution in [2.24, 2.45) is 5.92 Å². The fraction of sp³-hybridized carbons (Fsp3) is 0.500. The van der Waals surface area contributed by atoms with Crippen LogP contribution in [0.15, 0.2) is 22.6 Å². The van der Waals surface area contributed by atoms with Gasteiger partial charge >= 0.3 is 0 Å². The molecular formula is C14H19ClN4O2S. The molecule has 22 heavy (non-hydrogen) atoms. The largest absolute Gasteiger partial charge is 0.354 e. The van der Waals surface area contributed by atoms with E-state index in [4.69, 9.17) is 0 Å². The normalized spacial score (nSPS) is 17.9. The molecule has 2 aromatic rings. The van der Waals surface area contributed by atoms with Crippen molar-refractivity contribution in [1.29, 1.82) is 0 Å². The van der Waals surface area contributed by atoms with Gasteiger partial charge in [-0.05, 0) is 43.3 Å². The minimum Gasteiger partial charge on any atom is -0.354 e. The summed E-state index contributed by atoms with van der Waals surface area (Å²) in [4.78, 5) is 29.0. The lowest BCUT2D eigenvalue weighted by Crippen LogP contribution is -2.40. The minimum absolute atomic E-state index is 0. The number of carbonyl (C=O) groups excluding carboxylic acids is 1. The Morgan fingerprint density at radius 1 is 1.55 bits per heavy atom. The average Bonchev–Trinajstić information content (AvgIpc) is 2.98. The van der Waals surface area contributed by atoms with Crippen molar-refractivity contribution >= 4 is 39.9 Å². The highest BCUT2D eigenvalue weighted by Crippen LogP contribution is 2.13. The Bertz CT molecular complexity index is 693. The van der Waals surface area contributed by atoms with Crippen LogP contribution in [0.3, 0.4) is 0 Å². The standard InChI is InChI=1S/C14H18N4O2S.ClH/c19-12(16-7-10-2-1-4-15-6-10)8-18-9-17-13-11(14(18)20)3-5-21-13;/h3,5,9-10,15H,1-2,4,6-8H2,(H,16,19);1H. The summed E-state index contributed by atoms with van der Waals surface area (Å²) in [7, 11) is 0. The van der Waals surface area contributed by atoms with Gasteiger partial charge in [-0.25, -0.2) is 4.98 Å². The van der Waals surface area contributed by atoms with E-state index in [2.05, 4.69) is 15.6 Å². The van der Waals surface area contributed by atoms with Crippen LogP contribution in [-0.2, 0) is 11.3 Å². The molecule has 0 radical (unpaired) electrons. The number of piperidine rings is 1. The molecule has 0 aliphatic carbocycles. The molecule has 8 heteroatoms. The van der Waals surface area contributed by atoms with Crippen LogP contribution in [0.25, 0.3) is 10.2 Å². The minimum atomic E-state index is -0.157. The molecule has 0 saturated carbocycles. The number of nitrogens with zero attached hydrogens (tertiary/aromatic N) is 2. The maximum atomic E-state index is 12.2. The van der Waals surface area contributed by atoms with Crippen molar-refractivity contribution < 1.29 is 4.79 Å². The van der Waals surface area contributed by atoms with E-state index in [1.807, 2.05) is 5.38 Å². The number of thiophene rings is 1. The molecule has 3 rings (SSSR count). The van der Waals surface area contributed by atoms with Crippen LogP contribution in [0, 0.1) is 5.92 Å². The molecule has 3 heterocycles. The Hall–Kier alpha value is -1.44. The zero-order chi connectivity index (χ0) is 14.7. The van der Waals surface area contributed by atoms with E-state index in [0.29, 0.717) is 22.7 Å². The maximum Gasteiger partial charge on any atom is 0.262 e. The van der Waals surface area contributed by atoms with Gasteiger partial charge in [0.2, 0.25) is 5.91 Å². The van der Waals surface area contributed by atoms with Gasteiger partial charge in [0.05, 0.1) is 11.7 Å². The lowest BCUT2D eigenvalue weighted by atomic mass is 10.00. The molecule has 120 valence electrons. The first-order valence-corrected chi connectivity index (χ1v) is 8.02. The van der Waals surface area contributed by atoms with Crippen LogP contribution in [-0.4, -0.2) is 35.1 Å². The fourth-order valence-corrected chi connectivity index (χ4v) is 3.30. The molecule has 1 aliphatic heterocycles. The first-order valence-electron chi connectivity index (χ1n) is 7.14. The highest BCUT2D eigenvalue weighted by atomic mass is 35.5. The van der Waals surface area contributed by atoms with Gasteiger partial charge in [-0.2, -0.15) is 0 Å². The Morgan fingerprint density at radius 2 is 2.41 bits per heavy atom. The third-order valence-electron chi connectivity index (χ3n) is 3.75. The number of carbonyl (C=O) groups is 1. The van der Waals surface area contributed by atoms with Gasteiger partial charge in [0.15, 0.2) is 0 Å². The summed E-state index contributed by atoms with van der Waals surface area (Å²) in [6, 6.07) is 1.75. The fourth-order valence-electron chi connectivity index (χ4n) is 2.57. The molecule has 1 aliphatic rings. The maximum absolute atomic E-state index is 12.2. The molecular weight excluding hydrogens is 324 g/mol. The molecule has 0 bridgehead atoms.